The van der Waals surface area contributed by atoms with Crippen molar-refractivity contribution in [3.05, 3.63) is 71.3 Å². The van der Waals surface area contributed by atoms with Crippen molar-refractivity contribution in [2.45, 2.75) is 11.3 Å². The Hall–Kier alpha value is -2.00. The van der Waals surface area contributed by atoms with Crippen molar-refractivity contribution in [3.63, 3.8) is 0 Å². The molecule has 0 aliphatic heterocycles. The number of hydrogen-bond acceptors (Lipinski definition) is 2. The van der Waals surface area contributed by atoms with Crippen LogP contribution in [-0.4, -0.2) is 17.3 Å². The van der Waals surface area contributed by atoms with E-state index in [0.717, 1.165) is 17.5 Å². The minimum atomic E-state index is -0.927. The van der Waals surface area contributed by atoms with Crippen molar-refractivity contribution in [2.24, 2.45) is 0 Å². The Morgan fingerprint density at radius 3 is 2.50 bits per heavy atom. The first kappa shape index (κ1) is 14.4. The zero-order valence-corrected chi connectivity index (χ0v) is 12.1. The van der Waals surface area contributed by atoms with Crippen LogP contribution in [0.1, 0.15) is 16.7 Å². The van der Waals surface area contributed by atoms with Crippen molar-refractivity contribution in [2.75, 3.05) is 6.26 Å². The van der Waals surface area contributed by atoms with Gasteiger partial charge in [0.25, 0.3) is 0 Å². The van der Waals surface area contributed by atoms with Crippen molar-refractivity contribution in [3.8, 4) is 0 Å². The maximum Gasteiger partial charge on any atom is 0.328 e. The number of carboxylic acids is 1. The van der Waals surface area contributed by atoms with Gasteiger partial charge in [-0.3, -0.25) is 0 Å². The Bertz CT molecular complexity index is 615. The number of thioether (sulfide) groups is 1. The third-order valence-corrected chi connectivity index (χ3v) is 3.76. The first-order valence-electron chi connectivity index (χ1n) is 6.31. The quantitative estimate of drug-likeness (QED) is 0.663. The minimum Gasteiger partial charge on any atom is -0.478 e. The van der Waals surface area contributed by atoms with Crippen LogP contribution in [0.4, 0.5) is 0 Å². The van der Waals surface area contributed by atoms with E-state index in [0.29, 0.717) is 0 Å². The number of aliphatic carboxylic acids is 1. The predicted molar refractivity (Wildman–Crippen MR) is 84.1 cm³/mol. The number of carbonyl (C=O) groups is 1. The highest BCUT2D eigenvalue weighted by atomic mass is 32.2. The molecule has 0 bridgehead atoms. The van der Waals surface area contributed by atoms with Crippen LogP contribution in [0.5, 0.6) is 0 Å². The summed E-state index contributed by atoms with van der Waals surface area (Å²) >= 11 is 1.72. The predicted octanol–water partition coefficient (Wildman–Crippen LogP) is 4.10. The van der Waals surface area contributed by atoms with Gasteiger partial charge in [0.2, 0.25) is 0 Å². The molecular weight excluding hydrogens is 268 g/mol. The molecule has 0 fully saturated rings. The van der Waals surface area contributed by atoms with E-state index in [4.69, 9.17) is 5.11 Å². The third-order valence-electron chi connectivity index (χ3n) is 3.01. The Labute approximate surface area is 123 Å². The summed E-state index contributed by atoms with van der Waals surface area (Å²) in [5, 5.41) is 8.72. The van der Waals surface area contributed by atoms with E-state index in [9.17, 15) is 4.79 Å². The summed E-state index contributed by atoms with van der Waals surface area (Å²) in [5.41, 5.74) is 3.30. The second-order valence-corrected chi connectivity index (χ2v) is 5.27. The van der Waals surface area contributed by atoms with Crippen molar-refractivity contribution in [1.29, 1.82) is 0 Å². The lowest BCUT2D eigenvalue weighted by atomic mass is 9.99. The number of hydrogen-bond donors (Lipinski definition) is 1. The minimum absolute atomic E-state index is 0.800. The Morgan fingerprint density at radius 2 is 1.85 bits per heavy atom. The van der Waals surface area contributed by atoms with Crippen LogP contribution >= 0.6 is 11.8 Å². The molecule has 2 rings (SSSR count). The highest BCUT2D eigenvalue weighted by Crippen LogP contribution is 2.19. The molecule has 0 amide bonds. The summed E-state index contributed by atoms with van der Waals surface area (Å²) in [6.07, 6.45) is 5.68. The smallest absolute Gasteiger partial charge is 0.328 e. The number of rotatable bonds is 5. The van der Waals surface area contributed by atoms with E-state index in [1.54, 1.807) is 17.8 Å². The molecule has 20 heavy (non-hydrogen) atoms. The van der Waals surface area contributed by atoms with Crippen LogP contribution in [0, 0.1) is 0 Å². The lowest BCUT2D eigenvalue weighted by Crippen LogP contribution is -1.93. The Kier molecular flexibility index (Phi) is 5.02. The lowest BCUT2D eigenvalue weighted by molar-refractivity contribution is -0.131. The molecule has 0 spiro atoms. The first-order valence-corrected chi connectivity index (χ1v) is 7.53. The summed E-state index contributed by atoms with van der Waals surface area (Å²) in [6, 6.07) is 16.3. The van der Waals surface area contributed by atoms with Crippen LogP contribution in [0.2, 0.25) is 0 Å². The van der Waals surface area contributed by atoms with Gasteiger partial charge in [-0.05, 0) is 47.6 Å². The van der Waals surface area contributed by atoms with Crippen molar-refractivity contribution >= 4 is 23.8 Å². The molecule has 1 N–H and O–H groups in total. The normalized spacial score (nSPS) is 10.8. The molecule has 0 heterocycles. The standard InChI is InChI=1S/C17H16O2S/c1-20-16-9-6-13(7-10-16)12-15-5-3-2-4-14(15)8-11-17(18)19/h2-11H,12H2,1H3,(H,18,19). The summed E-state index contributed by atoms with van der Waals surface area (Å²) in [6.45, 7) is 0. The van der Waals surface area contributed by atoms with E-state index in [2.05, 4.69) is 30.5 Å². The van der Waals surface area contributed by atoms with Crippen LogP contribution in [0.3, 0.4) is 0 Å². The van der Waals surface area contributed by atoms with Gasteiger partial charge in [0.15, 0.2) is 0 Å². The molecule has 2 aromatic rings. The highest BCUT2D eigenvalue weighted by Gasteiger charge is 2.01. The molecule has 0 unspecified atom stereocenters. The summed E-state index contributed by atoms with van der Waals surface area (Å²) in [5.74, 6) is -0.927. The number of carboxylic acid groups (broad SMARTS) is 1. The monoisotopic (exact) mass is 284 g/mol. The van der Waals surface area contributed by atoms with Crippen LogP contribution in [-0.2, 0) is 11.2 Å². The number of benzene rings is 2. The third kappa shape index (κ3) is 4.00. The SMILES string of the molecule is CSc1ccc(Cc2ccccc2C=CC(=O)O)cc1. The van der Waals surface area contributed by atoms with Gasteiger partial charge in [-0.1, -0.05) is 36.4 Å². The Morgan fingerprint density at radius 1 is 1.15 bits per heavy atom. The van der Waals surface area contributed by atoms with Crippen LogP contribution in [0.25, 0.3) is 6.08 Å². The van der Waals surface area contributed by atoms with Gasteiger partial charge in [0.05, 0.1) is 0 Å². The zero-order valence-electron chi connectivity index (χ0n) is 11.2. The molecule has 0 aliphatic rings. The summed E-state index contributed by atoms with van der Waals surface area (Å²) in [7, 11) is 0. The van der Waals surface area contributed by atoms with Gasteiger partial charge in [0.1, 0.15) is 0 Å². The molecule has 3 heteroatoms. The fourth-order valence-electron chi connectivity index (χ4n) is 1.98. The van der Waals surface area contributed by atoms with Gasteiger partial charge in [-0.15, -0.1) is 11.8 Å². The first-order chi connectivity index (χ1) is 9.69. The average Bonchev–Trinajstić information content (AvgIpc) is 2.47. The van der Waals surface area contributed by atoms with Crippen LogP contribution < -0.4 is 0 Å². The van der Waals surface area contributed by atoms with Gasteiger partial charge in [-0.2, -0.15) is 0 Å². The maximum absolute atomic E-state index is 10.6. The molecule has 102 valence electrons. The highest BCUT2D eigenvalue weighted by molar-refractivity contribution is 7.98. The van der Waals surface area contributed by atoms with E-state index >= 15 is 0 Å². The van der Waals surface area contributed by atoms with Crippen molar-refractivity contribution < 1.29 is 9.90 Å². The second kappa shape index (κ2) is 6.96. The molecule has 0 radical (unpaired) electrons. The van der Waals surface area contributed by atoms with Crippen LogP contribution in [0.15, 0.2) is 59.5 Å². The molecule has 0 saturated heterocycles. The van der Waals surface area contributed by atoms with Crippen molar-refractivity contribution in [1.82, 2.24) is 0 Å². The molecule has 2 nitrogen and oxygen atoms in total. The lowest BCUT2D eigenvalue weighted by Gasteiger charge is -2.07. The van der Waals surface area contributed by atoms with Gasteiger partial charge in [-0.25, -0.2) is 4.79 Å². The molecule has 0 atom stereocenters. The molecule has 0 aromatic heterocycles. The molecule has 0 saturated carbocycles. The molecule has 2 aromatic carbocycles. The van der Waals surface area contributed by atoms with E-state index in [1.807, 2.05) is 24.3 Å². The topological polar surface area (TPSA) is 37.3 Å². The van der Waals surface area contributed by atoms with Gasteiger partial charge >= 0.3 is 5.97 Å². The van der Waals surface area contributed by atoms with Gasteiger partial charge in [0, 0.05) is 11.0 Å². The largest absolute Gasteiger partial charge is 0.478 e. The molecule has 0 aliphatic carbocycles. The fraction of sp³-hybridized carbons (Fsp3) is 0.118. The maximum atomic E-state index is 10.6. The summed E-state index contributed by atoms with van der Waals surface area (Å²) < 4.78 is 0. The van der Waals surface area contributed by atoms with E-state index in [1.165, 1.54) is 16.5 Å². The van der Waals surface area contributed by atoms with Gasteiger partial charge < -0.3 is 5.11 Å². The van der Waals surface area contributed by atoms with E-state index < -0.39 is 5.97 Å². The summed E-state index contributed by atoms with van der Waals surface area (Å²) in [4.78, 5) is 11.9. The fourth-order valence-corrected chi connectivity index (χ4v) is 2.39. The zero-order chi connectivity index (χ0) is 14.4. The second-order valence-electron chi connectivity index (χ2n) is 4.40. The Balaban J connectivity index is 2.21. The average molecular weight is 284 g/mol. The van der Waals surface area contributed by atoms with E-state index in [-0.39, 0.29) is 0 Å². The molecular formula is C17H16O2S.